The molecular formula is C12H12N4O3. The molecule has 0 bridgehead atoms. The van der Waals surface area contributed by atoms with E-state index in [1.165, 1.54) is 23.2 Å². The van der Waals surface area contributed by atoms with Crippen LogP contribution in [-0.2, 0) is 4.79 Å². The van der Waals surface area contributed by atoms with Gasteiger partial charge >= 0.3 is 5.97 Å². The van der Waals surface area contributed by atoms with Gasteiger partial charge in [-0.15, -0.1) is 0 Å². The lowest BCUT2D eigenvalue weighted by atomic mass is 10.1. The van der Waals surface area contributed by atoms with Gasteiger partial charge in [0.2, 0.25) is 0 Å². The average Bonchev–Trinajstić information content (AvgIpc) is 2.46. The monoisotopic (exact) mass is 260 g/mol. The lowest BCUT2D eigenvalue weighted by Gasteiger charge is -2.33. The second kappa shape index (κ2) is 5.46. The van der Waals surface area contributed by atoms with Crippen LogP contribution in [0.25, 0.3) is 0 Å². The molecule has 0 spiro atoms. The molecule has 0 aliphatic carbocycles. The number of nitrogens with one attached hydrogen (secondary N) is 1. The van der Waals surface area contributed by atoms with Crippen LogP contribution in [0.4, 0.5) is 0 Å². The van der Waals surface area contributed by atoms with Crippen molar-refractivity contribution in [1.29, 1.82) is 5.26 Å². The van der Waals surface area contributed by atoms with E-state index in [9.17, 15) is 9.59 Å². The van der Waals surface area contributed by atoms with Gasteiger partial charge < -0.3 is 15.3 Å². The Morgan fingerprint density at radius 1 is 1.53 bits per heavy atom. The maximum atomic E-state index is 12.2. The van der Waals surface area contributed by atoms with E-state index in [1.807, 2.05) is 6.07 Å². The molecule has 1 aromatic rings. The Hall–Kier alpha value is -2.46. The van der Waals surface area contributed by atoms with Crippen LogP contribution in [-0.4, -0.2) is 52.5 Å². The number of carbonyl (C=O) groups excluding carboxylic acids is 1. The fraction of sp³-hybridized carbons (Fsp3) is 0.333. The van der Waals surface area contributed by atoms with Crippen molar-refractivity contribution in [3.8, 4) is 6.07 Å². The van der Waals surface area contributed by atoms with Crippen LogP contribution < -0.4 is 5.32 Å². The van der Waals surface area contributed by atoms with Crippen LogP contribution in [0.3, 0.4) is 0 Å². The first kappa shape index (κ1) is 13.0. The van der Waals surface area contributed by atoms with Gasteiger partial charge in [-0.05, 0) is 12.1 Å². The highest BCUT2D eigenvalue weighted by atomic mass is 16.4. The summed E-state index contributed by atoms with van der Waals surface area (Å²) in [4.78, 5) is 28.5. The van der Waals surface area contributed by atoms with Gasteiger partial charge in [-0.25, -0.2) is 9.78 Å². The minimum atomic E-state index is -1.05. The SMILES string of the molecule is N#Cc1ccc(C(=O)N2CCNCC2C(=O)O)nc1. The molecule has 7 nitrogen and oxygen atoms in total. The van der Waals surface area contributed by atoms with E-state index in [-0.39, 0.29) is 12.2 Å². The number of hydrogen-bond acceptors (Lipinski definition) is 5. The third-order valence-electron chi connectivity index (χ3n) is 2.90. The average molecular weight is 260 g/mol. The van der Waals surface area contributed by atoms with Gasteiger partial charge in [0.25, 0.3) is 5.91 Å². The van der Waals surface area contributed by atoms with Crippen LogP contribution in [0.15, 0.2) is 18.3 Å². The molecule has 2 heterocycles. The predicted octanol–water partition coefficient (Wildman–Crippen LogP) is -0.548. The van der Waals surface area contributed by atoms with E-state index < -0.39 is 17.9 Å². The smallest absolute Gasteiger partial charge is 0.327 e. The Morgan fingerprint density at radius 2 is 2.32 bits per heavy atom. The lowest BCUT2D eigenvalue weighted by molar-refractivity contribution is -0.142. The molecule has 1 atom stereocenters. The number of carboxylic acids is 1. The molecule has 1 unspecified atom stereocenters. The number of carbonyl (C=O) groups is 2. The standard InChI is InChI=1S/C12H12N4O3/c13-5-8-1-2-9(15-6-8)11(17)16-4-3-14-7-10(16)12(18)19/h1-2,6,10,14H,3-4,7H2,(H,18,19). The van der Waals surface area contributed by atoms with Gasteiger partial charge in [-0.1, -0.05) is 0 Å². The van der Waals surface area contributed by atoms with E-state index in [0.29, 0.717) is 18.7 Å². The Balaban J connectivity index is 2.21. The van der Waals surface area contributed by atoms with E-state index in [2.05, 4.69) is 10.3 Å². The number of amides is 1. The highest BCUT2D eigenvalue weighted by molar-refractivity contribution is 5.95. The van der Waals surface area contributed by atoms with Crippen molar-refractivity contribution in [2.24, 2.45) is 0 Å². The van der Waals surface area contributed by atoms with Crippen molar-refractivity contribution >= 4 is 11.9 Å². The first-order valence-electron chi connectivity index (χ1n) is 5.74. The first-order valence-corrected chi connectivity index (χ1v) is 5.74. The van der Waals surface area contributed by atoms with E-state index in [4.69, 9.17) is 10.4 Å². The fourth-order valence-corrected chi connectivity index (χ4v) is 1.90. The molecule has 19 heavy (non-hydrogen) atoms. The van der Waals surface area contributed by atoms with Crippen molar-refractivity contribution in [1.82, 2.24) is 15.2 Å². The summed E-state index contributed by atoms with van der Waals surface area (Å²) < 4.78 is 0. The molecule has 7 heteroatoms. The van der Waals surface area contributed by atoms with Crippen LogP contribution in [0.2, 0.25) is 0 Å². The molecule has 0 radical (unpaired) electrons. The molecule has 1 saturated heterocycles. The van der Waals surface area contributed by atoms with Gasteiger partial charge in [-0.3, -0.25) is 4.79 Å². The molecule has 0 saturated carbocycles. The maximum Gasteiger partial charge on any atom is 0.327 e. The number of hydrogen-bond donors (Lipinski definition) is 2. The summed E-state index contributed by atoms with van der Waals surface area (Å²) in [5, 5.41) is 20.7. The first-order chi connectivity index (χ1) is 9.13. The molecule has 1 amide bonds. The lowest BCUT2D eigenvalue weighted by Crippen LogP contribution is -2.57. The number of nitrogens with zero attached hydrogens (tertiary/aromatic N) is 3. The fourth-order valence-electron chi connectivity index (χ4n) is 1.90. The topological polar surface area (TPSA) is 106 Å². The number of pyridine rings is 1. The second-order valence-electron chi connectivity index (χ2n) is 4.10. The summed E-state index contributed by atoms with van der Waals surface area (Å²) in [6.45, 7) is 1.08. The van der Waals surface area contributed by atoms with Gasteiger partial charge in [0.15, 0.2) is 0 Å². The predicted molar refractivity (Wildman–Crippen MR) is 64.3 cm³/mol. The third kappa shape index (κ3) is 2.69. The third-order valence-corrected chi connectivity index (χ3v) is 2.90. The van der Waals surface area contributed by atoms with Crippen LogP contribution in [0.5, 0.6) is 0 Å². The molecule has 1 fully saturated rings. The number of piperazine rings is 1. The minimum absolute atomic E-state index is 0.146. The zero-order valence-electron chi connectivity index (χ0n) is 10.0. The minimum Gasteiger partial charge on any atom is -0.480 e. The largest absolute Gasteiger partial charge is 0.480 e. The number of aromatic nitrogens is 1. The molecule has 1 aliphatic rings. The Morgan fingerprint density at radius 3 is 2.89 bits per heavy atom. The van der Waals surface area contributed by atoms with Crippen molar-refractivity contribution in [3.63, 3.8) is 0 Å². The van der Waals surface area contributed by atoms with E-state index in [1.54, 1.807) is 0 Å². The summed E-state index contributed by atoms with van der Waals surface area (Å²) in [5.41, 5.74) is 0.499. The number of rotatable bonds is 2. The molecule has 2 rings (SSSR count). The van der Waals surface area contributed by atoms with E-state index >= 15 is 0 Å². The Labute approximate surface area is 109 Å². The number of nitriles is 1. The number of aliphatic carboxylic acids is 1. The molecule has 98 valence electrons. The van der Waals surface area contributed by atoms with Crippen molar-refractivity contribution in [2.45, 2.75) is 6.04 Å². The van der Waals surface area contributed by atoms with Crippen molar-refractivity contribution in [2.75, 3.05) is 19.6 Å². The summed E-state index contributed by atoms with van der Waals surface area (Å²) >= 11 is 0. The molecular weight excluding hydrogens is 248 g/mol. The number of carboxylic acid groups (broad SMARTS) is 1. The normalized spacial score (nSPS) is 18.7. The van der Waals surface area contributed by atoms with Gasteiger partial charge in [-0.2, -0.15) is 5.26 Å². The summed E-state index contributed by atoms with van der Waals surface area (Å²) in [7, 11) is 0. The zero-order valence-corrected chi connectivity index (χ0v) is 10.0. The molecule has 0 aromatic carbocycles. The molecule has 2 N–H and O–H groups in total. The van der Waals surface area contributed by atoms with Gasteiger partial charge in [0, 0.05) is 25.8 Å². The van der Waals surface area contributed by atoms with Crippen LogP contribution in [0, 0.1) is 11.3 Å². The van der Waals surface area contributed by atoms with Crippen molar-refractivity contribution < 1.29 is 14.7 Å². The summed E-state index contributed by atoms with van der Waals surface area (Å²) in [6, 6.07) is 3.93. The maximum absolute atomic E-state index is 12.2. The highest BCUT2D eigenvalue weighted by Crippen LogP contribution is 2.10. The van der Waals surface area contributed by atoms with Gasteiger partial charge in [0.05, 0.1) is 5.56 Å². The van der Waals surface area contributed by atoms with Gasteiger partial charge in [0.1, 0.15) is 17.8 Å². The molecule has 1 aromatic heterocycles. The van der Waals surface area contributed by atoms with Crippen molar-refractivity contribution in [3.05, 3.63) is 29.6 Å². The highest BCUT2D eigenvalue weighted by Gasteiger charge is 2.32. The quantitative estimate of drug-likeness (QED) is 0.739. The molecule has 1 aliphatic heterocycles. The summed E-state index contributed by atoms with van der Waals surface area (Å²) in [6.07, 6.45) is 1.30. The summed E-state index contributed by atoms with van der Waals surface area (Å²) in [5.74, 6) is -1.48. The Kier molecular flexibility index (Phi) is 3.73. The van der Waals surface area contributed by atoms with Crippen LogP contribution >= 0.6 is 0 Å². The van der Waals surface area contributed by atoms with E-state index in [0.717, 1.165) is 0 Å². The second-order valence-corrected chi connectivity index (χ2v) is 4.10. The van der Waals surface area contributed by atoms with Crippen LogP contribution in [0.1, 0.15) is 16.1 Å². The Bertz CT molecular complexity index is 535. The zero-order chi connectivity index (χ0) is 13.8.